The van der Waals surface area contributed by atoms with E-state index in [1.165, 1.54) is 0 Å². The van der Waals surface area contributed by atoms with Crippen molar-refractivity contribution in [2.24, 2.45) is 0 Å². The van der Waals surface area contributed by atoms with Crippen LogP contribution in [0.5, 0.6) is 5.75 Å². The molecule has 0 spiro atoms. The van der Waals surface area contributed by atoms with Crippen LogP contribution in [0.3, 0.4) is 0 Å². The Labute approximate surface area is 66.7 Å². The molecular formula is C6H6ClCuO. The third-order valence-electron chi connectivity index (χ3n) is 0.756. The van der Waals surface area contributed by atoms with Crippen molar-refractivity contribution in [1.29, 1.82) is 0 Å². The van der Waals surface area contributed by atoms with Crippen LogP contribution in [0.1, 0.15) is 0 Å². The van der Waals surface area contributed by atoms with Crippen molar-refractivity contribution in [3.8, 4) is 5.75 Å². The van der Waals surface area contributed by atoms with E-state index in [4.69, 9.17) is 5.11 Å². The summed E-state index contributed by atoms with van der Waals surface area (Å²) in [5.41, 5.74) is 0. The molecule has 0 amide bonds. The zero-order chi connectivity index (χ0) is 7.11. The number of phenolic OH excluding ortho intramolecular Hbond substituents is 1. The molecule has 1 rings (SSSR count). The maximum absolute atomic E-state index is 8.63. The van der Waals surface area contributed by atoms with Crippen molar-refractivity contribution in [2.75, 3.05) is 0 Å². The van der Waals surface area contributed by atoms with Gasteiger partial charge < -0.3 is 5.11 Å². The molecule has 0 radical (unpaired) electrons. The predicted molar refractivity (Wildman–Crippen MR) is 34.0 cm³/mol. The monoisotopic (exact) mass is 192 g/mol. The van der Waals surface area contributed by atoms with Crippen molar-refractivity contribution in [3.05, 3.63) is 30.3 Å². The molecule has 0 saturated heterocycles. The van der Waals surface area contributed by atoms with E-state index in [1.807, 2.05) is 6.07 Å². The van der Waals surface area contributed by atoms with Crippen LogP contribution in [0.25, 0.3) is 0 Å². The van der Waals surface area contributed by atoms with Crippen LogP contribution in [0, 0.1) is 0 Å². The summed E-state index contributed by atoms with van der Waals surface area (Å²) in [5, 5.41) is 8.63. The zero-order valence-corrected chi connectivity index (χ0v) is 6.21. The summed E-state index contributed by atoms with van der Waals surface area (Å²) < 4.78 is 0. The van der Waals surface area contributed by atoms with Gasteiger partial charge in [-0.1, -0.05) is 18.2 Å². The number of benzene rings is 1. The van der Waals surface area contributed by atoms with Gasteiger partial charge in [0.25, 0.3) is 0 Å². The summed E-state index contributed by atoms with van der Waals surface area (Å²) in [6.07, 6.45) is 0. The van der Waals surface area contributed by atoms with Crippen molar-refractivity contribution < 1.29 is 20.2 Å². The molecule has 1 aromatic carbocycles. The van der Waals surface area contributed by atoms with Gasteiger partial charge in [-0.25, -0.2) is 0 Å². The molecule has 0 aliphatic heterocycles. The number of phenols is 1. The van der Waals surface area contributed by atoms with E-state index < -0.39 is 0 Å². The average molecular weight is 193 g/mol. The van der Waals surface area contributed by atoms with E-state index >= 15 is 0 Å². The van der Waals surface area contributed by atoms with Crippen molar-refractivity contribution in [3.63, 3.8) is 0 Å². The topological polar surface area (TPSA) is 20.2 Å². The second kappa shape index (κ2) is 5.96. The first kappa shape index (κ1) is 8.83. The quantitative estimate of drug-likeness (QED) is 0.625. The summed E-state index contributed by atoms with van der Waals surface area (Å²) in [7, 11) is 4.20. The third kappa shape index (κ3) is 4.34. The van der Waals surface area contributed by atoms with Gasteiger partial charge in [0, 0.05) is 0 Å². The average Bonchev–Trinajstić information content (AvgIpc) is 1.94. The van der Waals surface area contributed by atoms with E-state index in [2.05, 4.69) is 25.2 Å². The number of para-hydroxylation sites is 1. The normalized spacial score (nSPS) is 7.44. The fourth-order valence-electron chi connectivity index (χ4n) is 0.428. The van der Waals surface area contributed by atoms with Gasteiger partial charge in [0.1, 0.15) is 5.75 Å². The molecular weight excluding hydrogens is 187 g/mol. The Bertz CT molecular complexity index is 143. The molecule has 54 valence electrons. The first-order valence-corrected chi connectivity index (χ1v) is 3.54. The van der Waals surface area contributed by atoms with E-state index in [9.17, 15) is 0 Å². The van der Waals surface area contributed by atoms with Gasteiger partial charge in [0.15, 0.2) is 0 Å². The van der Waals surface area contributed by atoms with Crippen molar-refractivity contribution in [2.45, 2.75) is 0 Å². The van der Waals surface area contributed by atoms with E-state index in [-0.39, 0.29) is 0 Å². The molecule has 1 nitrogen and oxygen atoms in total. The Hall–Kier alpha value is -0.171. The van der Waals surface area contributed by atoms with Crippen LogP contribution in [0.4, 0.5) is 0 Å². The molecule has 0 aromatic heterocycles. The van der Waals surface area contributed by atoms with Crippen LogP contribution >= 0.6 is 10.1 Å². The van der Waals surface area contributed by atoms with E-state index in [0.29, 0.717) is 5.75 Å². The molecule has 0 fully saturated rings. The van der Waals surface area contributed by atoms with Crippen molar-refractivity contribution >= 4 is 10.1 Å². The summed E-state index contributed by atoms with van der Waals surface area (Å²) in [6.45, 7) is 0. The predicted octanol–water partition coefficient (Wildman–Crippen LogP) is 2.08. The van der Waals surface area contributed by atoms with E-state index in [0.717, 1.165) is 0 Å². The van der Waals surface area contributed by atoms with Gasteiger partial charge in [0.2, 0.25) is 0 Å². The number of aromatic hydroxyl groups is 1. The van der Waals surface area contributed by atoms with Gasteiger partial charge in [-0.15, -0.1) is 0 Å². The van der Waals surface area contributed by atoms with Crippen LogP contribution in [-0.4, -0.2) is 5.11 Å². The molecule has 1 N–H and O–H groups in total. The molecule has 0 heterocycles. The molecule has 0 aliphatic carbocycles. The fraction of sp³-hybridized carbons (Fsp3) is 0. The fourth-order valence-corrected chi connectivity index (χ4v) is 0.428. The molecule has 0 unspecified atom stereocenters. The van der Waals surface area contributed by atoms with Gasteiger partial charge in [-0.2, -0.15) is 0 Å². The number of hydrogen-bond acceptors (Lipinski definition) is 1. The minimum absolute atomic E-state index is 0.322. The van der Waals surface area contributed by atoms with E-state index in [1.54, 1.807) is 24.3 Å². The van der Waals surface area contributed by atoms with Gasteiger partial charge in [-0.3, -0.25) is 0 Å². The molecule has 0 saturated carbocycles. The molecule has 9 heavy (non-hydrogen) atoms. The Balaban J connectivity index is 0.000000291. The van der Waals surface area contributed by atoms with Crippen LogP contribution in [-0.2, 0) is 15.1 Å². The second-order valence-corrected chi connectivity index (χ2v) is 1.34. The summed E-state index contributed by atoms with van der Waals surface area (Å²) in [4.78, 5) is 0. The summed E-state index contributed by atoms with van der Waals surface area (Å²) in [6, 6.07) is 8.71. The summed E-state index contributed by atoms with van der Waals surface area (Å²) >= 11 is 3.66. The molecule has 0 atom stereocenters. The first-order chi connectivity index (χ1) is 4.39. The molecule has 1 aromatic rings. The van der Waals surface area contributed by atoms with Gasteiger partial charge >= 0.3 is 25.2 Å². The third-order valence-corrected chi connectivity index (χ3v) is 0.756. The number of hydrogen-bond donors (Lipinski definition) is 1. The Morgan fingerprint density at radius 2 is 1.56 bits per heavy atom. The maximum atomic E-state index is 8.63. The number of halogens is 1. The Morgan fingerprint density at radius 1 is 1.11 bits per heavy atom. The number of rotatable bonds is 0. The first-order valence-electron chi connectivity index (χ1n) is 2.25. The Morgan fingerprint density at radius 3 is 1.78 bits per heavy atom. The second-order valence-electron chi connectivity index (χ2n) is 1.34. The zero-order valence-electron chi connectivity index (χ0n) is 4.51. The van der Waals surface area contributed by atoms with Gasteiger partial charge in [0.05, 0.1) is 0 Å². The van der Waals surface area contributed by atoms with Crippen LogP contribution < -0.4 is 0 Å². The SMILES string of the molecule is Oc1ccccc1.[Cl][Cu]. The van der Waals surface area contributed by atoms with Crippen LogP contribution in [0.2, 0.25) is 0 Å². The summed E-state index contributed by atoms with van der Waals surface area (Å²) in [5.74, 6) is 0.322. The van der Waals surface area contributed by atoms with Gasteiger partial charge in [-0.05, 0) is 12.1 Å². The molecule has 3 heteroatoms. The van der Waals surface area contributed by atoms with Crippen molar-refractivity contribution in [1.82, 2.24) is 0 Å². The Kier molecular flexibility index (Phi) is 5.84. The molecule has 0 aliphatic rings. The minimum atomic E-state index is 0.322. The van der Waals surface area contributed by atoms with Crippen LogP contribution in [0.15, 0.2) is 30.3 Å². The standard InChI is InChI=1S/C6H6O.ClH.Cu/c7-6-4-2-1-3-5-6;;/h1-5,7H;1H;/q;;+1/p-1. The molecule has 0 bridgehead atoms.